The van der Waals surface area contributed by atoms with E-state index < -0.39 is 27.9 Å². The number of halogens is 1. The standard InChI is InChI=1S/C14H16ClNO7S/c1-22-12-10(14(19)23-2)5-9(15)6-11(12)24(20,21)16-4-3-8(7-16)13(17)18/h5-6,8H,3-4,7H2,1-2H3,(H,17,18). The Labute approximate surface area is 144 Å². The van der Waals surface area contributed by atoms with Crippen molar-refractivity contribution in [3.05, 3.63) is 22.7 Å². The summed E-state index contributed by atoms with van der Waals surface area (Å²) in [4.78, 5) is 22.6. The minimum Gasteiger partial charge on any atom is -0.494 e. The van der Waals surface area contributed by atoms with Crippen molar-refractivity contribution >= 4 is 33.6 Å². The third-order valence-electron chi connectivity index (χ3n) is 3.75. The van der Waals surface area contributed by atoms with E-state index in [0.717, 1.165) is 17.5 Å². The van der Waals surface area contributed by atoms with Gasteiger partial charge in [-0.3, -0.25) is 4.79 Å². The number of esters is 1. The number of sulfonamides is 1. The summed E-state index contributed by atoms with van der Waals surface area (Å²) in [6.07, 6.45) is 0.210. The lowest BCUT2D eigenvalue weighted by Gasteiger charge is -2.19. The molecule has 0 bridgehead atoms. The van der Waals surface area contributed by atoms with Crippen LogP contribution < -0.4 is 4.74 Å². The highest BCUT2D eigenvalue weighted by atomic mass is 35.5. The molecule has 1 heterocycles. The van der Waals surface area contributed by atoms with Gasteiger partial charge in [-0.15, -0.1) is 0 Å². The second-order valence-electron chi connectivity index (χ2n) is 5.16. The van der Waals surface area contributed by atoms with Gasteiger partial charge >= 0.3 is 11.9 Å². The van der Waals surface area contributed by atoms with Gasteiger partial charge in [0.2, 0.25) is 10.0 Å². The van der Waals surface area contributed by atoms with Crippen molar-refractivity contribution in [2.75, 3.05) is 27.3 Å². The molecule has 0 aromatic heterocycles. The number of benzene rings is 1. The molecular weight excluding hydrogens is 362 g/mol. The fourth-order valence-electron chi connectivity index (χ4n) is 2.52. The molecule has 1 aromatic rings. The molecule has 1 atom stereocenters. The second kappa shape index (κ2) is 6.96. The van der Waals surface area contributed by atoms with Crippen molar-refractivity contribution < 1.29 is 32.6 Å². The fourth-order valence-corrected chi connectivity index (χ4v) is 4.51. The minimum absolute atomic E-state index is 0.0174. The number of carbonyl (C=O) groups excluding carboxylic acids is 1. The van der Waals surface area contributed by atoms with Crippen molar-refractivity contribution in [3.63, 3.8) is 0 Å². The molecule has 1 saturated heterocycles. The zero-order valence-electron chi connectivity index (χ0n) is 13.0. The van der Waals surface area contributed by atoms with Gasteiger partial charge in [-0.05, 0) is 18.6 Å². The summed E-state index contributed by atoms with van der Waals surface area (Å²) in [5.74, 6) is -2.81. The van der Waals surface area contributed by atoms with E-state index in [9.17, 15) is 18.0 Å². The summed E-state index contributed by atoms with van der Waals surface area (Å²) < 4.78 is 36.4. The third kappa shape index (κ3) is 3.33. The van der Waals surface area contributed by atoms with Gasteiger partial charge in [0.1, 0.15) is 10.5 Å². The van der Waals surface area contributed by atoms with E-state index in [1.54, 1.807) is 0 Å². The Morgan fingerprint density at radius 3 is 2.50 bits per heavy atom. The largest absolute Gasteiger partial charge is 0.494 e. The Morgan fingerprint density at radius 2 is 2.00 bits per heavy atom. The third-order valence-corrected chi connectivity index (χ3v) is 5.84. The summed E-state index contributed by atoms with van der Waals surface area (Å²) in [7, 11) is -1.71. The molecule has 1 N–H and O–H groups in total. The number of methoxy groups -OCH3 is 2. The summed E-state index contributed by atoms with van der Waals surface area (Å²) in [5.41, 5.74) is -0.125. The molecule has 0 amide bonds. The average molecular weight is 378 g/mol. The van der Waals surface area contributed by atoms with Crippen LogP contribution in [0.25, 0.3) is 0 Å². The summed E-state index contributed by atoms with van der Waals surface area (Å²) >= 11 is 5.93. The van der Waals surface area contributed by atoms with Gasteiger partial charge in [0, 0.05) is 18.1 Å². The van der Waals surface area contributed by atoms with E-state index in [-0.39, 0.29) is 40.7 Å². The molecule has 0 spiro atoms. The van der Waals surface area contributed by atoms with E-state index in [2.05, 4.69) is 4.74 Å². The van der Waals surface area contributed by atoms with Crippen molar-refractivity contribution in [2.45, 2.75) is 11.3 Å². The first-order chi connectivity index (χ1) is 11.2. The van der Waals surface area contributed by atoms with Gasteiger partial charge < -0.3 is 14.6 Å². The lowest BCUT2D eigenvalue weighted by Crippen LogP contribution is -2.30. The maximum Gasteiger partial charge on any atom is 0.341 e. The van der Waals surface area contributed by atoms with Gasteiger partial charge in [-0.2, -0.15) is 4.31 Å². The molecule has 0 aliphatic carbocycles. The maximum absolute atomic E-state index is 12.8. The zero-order chi connectivity index (χ0) is 18.1. The van der Waals surface area contributed by atoms with Gasteiger partial charge in [-0.25, -0.2) is 13.2 Å². The summed E-state index contributed by atoms with van der Waals surface area (Å²) in [5, 5.41) is 9.05. The highest BCUT2D eigenvalue weighted by Crippen LogP contribution is 2.35. The number of carboxylic acid groups (broad SMARTS) is 1. The van der Waals surface area contributed by atoms with Crippen LogP contribution in [0.3, 0.4) is 0 Å². The second-order valence-corrected chi connectivity index (χ2v) is 7.51. The molecule has 0 radical (unpaired) electrons. The van der Waals surface area contributed by atoms with Crippen LogP contribution in [0.4, 0.5) is 0 Å². The highest BCUT2D eigenvalue weighted by molar-refractivity contribution is 7.89. The van der Waals surface area contributed by atoms with Crippen LogP contribution in [0.15, 0.2) is 17.0 Å². The Bertz CT molecular complexity index is 778. The Kier molecular flexibility index (Phi) is 5.36. The molecule has 24 heavy (non-hydrogen) atoms. The predicted molar refractivity (Wildman–Crippen MR) is 83.8 cm³/mol. The van der Waals surface area contributed by atoms with E-state index >= 15 is 0 Å². The van der Waals surface area contributed by atoms with Crippen LogP contribution in [0, 0.1) is 5.92 Å². The summed E-state index contributed by atoms with van der Waals surface area (Å²) in [6, 6.07) is 2.41. The minimum atomic E-state index is -4.08. The van der Waals surface area contributed by atoms with Crippen LogP contribution in [0.5, 0.6) is 5.75 Å². The number of ether oxygens (including phenoxy) is 2. The smallest absolute Gasteiger partial charge is 0.341 e. The summed E-state index contributed by atoms with van der Waals surface area (Å²) in [6.45, 7) is -0.0938. The van der Waals surface area contributed by atoms with Gasteiger partial charge in [0.25, 0.3) is 0 Å². The number of hydrogen-bond donors (Lipinski definition) is 1. The molecule has 8 nitrogen and oxygen atoms in total. The first-order valence-electron chi connectivity index (χ1n) is 6.91. The molecule has 1 aliphatic rings. The number of rotatable bonds is 5. The maximum atomic E-state index is 12.8. The van der Waals surface area contributed by atoms with E-state index in [4.69, 9.17) is 21.4 Å². The number of carbonyl (C=O) groups is 2. The van der Waals surface area contributed by atoms with E-state index in [0.29, 0.717) is 0 Å². The Hall–Kier alpha value is -1.84. The first kappa shape index (κ1) is 18.5. The van der Waals surface area contributed by atoms with Gasteiger partial charge in [-0.1, -0.05) is 11.6 Å². The van der Waals surface area contributed by atoms with Crippen molar-refractivity contribution in [2.24, 2.45) is 5.92 Å². The normalized spacial score (nSPS) is 18.4. The van der Waals surface area contributed by atoms with Gasteiger partial charge in [0.15, 0.2) is 5.75 Å². The van der Waals surface area contributed by atoms with E-state index in [1.807, 2.05) is 0 Å². The van der Waals surface area contributed by atoms with Crippen LogP contribution in [-0.2, 0) is 19.6 Å². The molecule has 0 saturated carbocycles. The van der Waals surface area contributed by atoms with Gasteiger partial charge in [0.05, 0.1) is 20.1 Å². The fraction of sp³-hybridized carbons (Fsp3) is 0.429. The SMILES string of the molecule is COC(=O)c1cc(Cl)cc(S(=O)(=O)N2CCC(C(=O)O)C2)c1OC. The molecular formula is C14H16ClNO7S. The van der Waals surface area contributed by atoms with Crippen LogP contribution >= 0.6 is 11.6 Å². The lowest BCUT2D eigenvalue weighted by atomic mass is 10.1. The molecule has 10 heteroatoms. The topological polar surface area (TPSA) is 110 Å². The lowest BCUT2D eigenvalue weighted by molar-refractivity contribution is -0.141. The molecule has 132 valence electrons. The monoisotopic (exact) mass is 377 g/mol. The number of nitrogens with zero attached hydrogens (tertiary/aromatic N) is 1. The Morgan fingerprint density at radius 1 is 1.33 bits per heavy atom. The van der Waals surface area contributed by atoms with Crippen molar-refractivity contribution in [1.29, 1.82) is 0 Å². The predicted octanol–water partition coefficient (Wildman–Crippen LogP) is 1.23. The molecule has 1 aromatic carbocycles. The Balaban J connectivity index is 2.53. The number of carboxylic acids is 1. The van der Waals surface area contributed by atoms with Crippen LogP contribution in [0.1, 0.15) is 16.8 Å². The quantitative estimate of drug-likeness (QED) is 0.768. The van der Waals surface area contributed by atoms with Crippen LogP contribution in [0.2, 0.25) is 5.02 Å². The highest BCUT2D eigenvalue weighted by Gasteiger charge is 2.38. The molecule has 2 rings (SSSR count). The first-order valence-corrected chi connectivity index (χ1v) is 8.73. The number of hydrogen-bond acceptors (Lipinski definition) is 6. The average Bonchev–Trinajstić information content (AvgIpc) is 3.04. The van der Waals surface area contributed by atoms with Crippen molar-refractivity contribution in [3.8, 4) is 5.75 Å². The van der Waals surface area contributed by atoms with E-state index in [1.165, 1.54) is 13.2 Å². The molecule has 1 aliphatic heterocycles. The zero-order valence-corrected chi connectivity index (χ0v) is 14.6. The molecule has 1 unspecified atom stereocenters. The van der Waals surface area contributed by atoms with Crippen molar-refractivity contribution in [1.82, 2.24) is 4.31 Å². The van der Waals surface area contributed by atoms with Crippen LogP contribution in [-0.4, -0.2) is 57.1 Å². The molecule has 1 fully saturated rings. The number of aliphatic carboxylic acids is 1.